The number of amides is 1. The molecule has 0 fully saturated rings. The zero-order valence-corrected chi connectivity index (χ0v) is 17.3. The van der Waals surface area contributed by atoms with Crippen LogP contribution in [0.4, 0.5) is 10.2 Å². The van der Waals surface area contributed by atoms with Crippen molar-refractivity contribution in [3.8, 4) is 6.07 Å². The number of thiophene rings is 1. The highest BCUT2D eigenvalue weighted by molar-refractivity contribution is 7.20. The normalized spacial score (nSPS) is 11.0. The maximum atomic E-state index is 13.2. The molecule has 0 aliphatic carbocycles. The summed E-state index contributed by atoms with van der Waals surface area (Å²) in [5, 5.41) is 21.5. The molecule has 4 rings (SSSR count). The van der Waals surface area contributed by atoms with E-state index in [0.29, 0.717) is 30.2 Å². The zero-order valence-electron chi connectivity index (χ0n) is 16.5. The number of carbonyl (C=O) groups excluding carboxylic acids is 1. The van der Waals surface area contributed by atoms with Gasteiger partial charge in [-0.2, -0.15) is 15.5 Å². The molecule has 1 amide bonds. The molecule has 0 atom stereocenters. The average molecular weight is 422 g/mol. The first-order valence-electron chi connectivity index (χ1n) is 9.39. The Kier molecular flexibility index (Phi) is 5.33. The fraction of sp³-hybridized carbons (Fsp3) is 0.238. The number of anilines is 1. The van der Waals surface area contributed by atoms with Gasteiger partial charge in [0.2, 0.25) is 0 Å². The van der Waals surface area contributed by atoms with E-state index in [9.17, 15) is 9.18 Å². The first-order chi connectivity index (χ1) is 14.4. The molecule has 3 aromatic heterocycles. The molecule has 0 radical (unpaired) electrons. The minimum atomic E-state index is -0.278. The second kappa shape index (κ2) is 8.08. The van der Waals surface area contributed by atoms with Gasteiger partial charge in [0.15, 0.2) is 0 Å². The molecule has 0 aliphatic rings. The smallest absolute Gasteiger partial charge is 0.266 e. The SMILES string of the molecule is Cc1cc(NC(=O)c2cc3c(C)nn(Cc4ccc(F)cc4)c3s2)n(CCC#N)n1. The van der Waals surface area contributed by atoms with Crippen LogP contribution in [0, 0.1) is 31.0 Å². The molecule has 1 N–H and O–H groups in total. The maximum absolute atomic E-state index is 13.2. The monoisotopic (exact) mass is 422 g/mol. The molecule has 7 nitrogen and oxygen atoms in total. The summed E-state index contributed by atoms with van der Waals surface area (Å²) in [6.45, 7) is 4.65. The highest BCUT2D eigenvalue weighted by Crippen LogP contribution is 2.29. The summed E-state index contributed by atoms with van der Waals surface area (Å²) in [5.74, 6) is 0.0526. The number of hydrogen-bond donors (Lipinski definition) is 1. The van der Waals surface area contributed by atoms with Crippen LogP contribution in [-0.2, 0) is 13.1 Å². The van der Waals surface area contributed by atoms with Crippen LogP contribution in [0.2, 0.25) is 0 Å². The van der Waals surface area contributed by atoms with Gasteiger partial charge in [0.05, 0.1) is 41.8 Å². The molecule has 0 aliphatic heterocycles. The van der Waals surface area contributed by atoms with Gasteiger partial charge < -0.3 is 5.32 Å². The second-order valence-electron chi connectivity index (χ2n) is 6.96. The number of carbonyl (C=O) groups is 1. The fourth-order valence-electron chi connectivity index (χ4n) is 3.24. The van der Waals surface area contributed by atoms with E-state index in [-0.39, 0.29) is 11.7 Å². The summed E-state index contributed by atoms with van der Waals surface area (Å²) in [4.78, 5) is 14.3. The predicted octanol–water partition coefficient (Wildman–Crippen LogP) is 4.26. The van der Waals surface area contributed by atoms with Gasteiger partial charge in [-0.1, -0.05) is 12.1 Å². The van der Waals surface area contributed by atoms with Crippen molar-refractivity contribution in [2.75, 3.05) is 5.32 Å². The summed E-state index contributed by atoms with van der Waals surface area (Å²) in [6, 6.07) is 12.0. The lowest BCUT2D eigenvalue weighted by atomic mass is 10.2. The summed E-state index contributed by atoms with van der Waals surface area (Å²) < 4.78 is 16.6. The van der Waals surface area contributed by atoms with E-state index in [0.717, 1.165) is 27.2 Å². The summed E-state index contributed by atoms with van der Waals surface area (Å²) >= 11 is 1.36. The number of benzene rings is 1. The van der Waals surface area contributed by atoms with Crippen LogP contribution >= 0.6 is 11.3 Å². The third-order valence-electron chi connectivity index (χ3n) is 4.66. The van der Waals surface area contributed by atoms with Crippen molar-refractivity contribution in [1.82, 2.24) is 19.6 Å². The van der Waals surface area contributed by atoms with Gasteiger partial charge in [-0.3, -0.25) is 9.48 Å². The van der Waals surface area contributed by atoms with Crippen LogP contribution in [0.5, 0.6) is 0 Å². The Morgan fingerprint density at radius 3 is 2.70 bits per heavy atom. The van der Waals surface area contributed by atoms with Crippen LogP contribution in [0.15, 0.2) is 36.4 Å². The molecule has 0 saturated heterocycles. The summed E-state index contributed by atoms with van der Waals surface area (Å²) in [7, 11) is 0. The number of nitrogens with zero attached hydrogens (tertiary/aromatic N) is 5. The van der Waals surface area contributed by atoms with Crippen LogP contribution in [0.25, 0.3) is 10.2 Å². The second-order valence-corrected chi connectivity index (χ2v) is 7.99. The van der Waals surface area contributed by atoms with Crippen LogP contribution < -0.4 is 5.32 Å². The number of aryl methyl sites for hydroxylation is 3. The Hall–Kier alpha value is -3.51. The van der Waals surface area contributed by atoms with Crippen LogP contribution in [-0.4, -0.2) is 25.5 Å². The van der Waals surface area contributed by atoms with E-state index >= 15 is 0 Å². The molecule has 0 bridgehead atoms. The minimum Gasteiger partial charge on any atom is -0.306 e. The number of hydrogen-bond acceptors (Lipinski definition) is 5. The van der Waals surface area contributed by atoms with Crippen molar-refractivity contribution in [1.29, 1.82) is 5.26 Å². The Labute approximate surface area is 176 Å². The lowest BCUT2D eigenvalue weighted by Gasteiger charge is -2.06. The first-order valence-corrected chi connectivity index (χ1v) is 10.2. The summed E-state index contributed by atoms with van der Waals surface area (Å²) in [5.41, 5.74) is 2.53. The molecule has 1 aromatic carbocycles. The van der Waals surface area contributed by atoms with Crippen molar-refractivity contribution in [3.63, 3.8) is 0 Å². The van der Waals surface area contributed by atoms with Gasteiger partial charge in [0.1, 0.15) is 16.5 Å². The zero-order chi connectivity index (χ0) is 21.3. The third kappa shape index (κ3) is 3.95. The van der Waals surface area contributed by atoms with Crippen molar-refractivity contribution in [2.24, 2.45) is 0 Å². The van der Waals surface area contributed by atoms with Crippen molar-refractivity contribution in [3.05, 3.63) is 64.0 Å². The third-order valence-corrected chi connectivity index (χ3v) is 5.80. The van der Waals surface area contributed by atoms with Gasteiger partial charge in [0.25, 0.3) is 5.91 Å². The van der Waals surface area contributed by atoms with E-state index < -0.39 is 0 Å². The Balaban J connectivity index is 1.59. The highest BCUT2D eigenvalue weighted by Gasteiger charge is 2.18. The fourth-order valence-corrected chi connectivity index (χ4v) is 4.30. The van der Waals surface area contributed by atoms with Crippen molar-refractivity contribution < 1.29 is 9.18 Å². The molecular weight excluding hydrogens is 403 g/mol. The Bertz CT molecular complexity index is 1260. The molecule has 0 saturated carbocycles. The molecule has 152 valence electrons. The first kappa shape index (κ1) is 19.8. The van der Waals surface area contributed by atoms with Gasteiger partial charge >= 0.3 is 0 Å². The van der Waals surface area contributed by atoms with Crippen LogP contribution in [0.3, 0.4) is 0 Å². The molecule has 0 unspecified atom stereocenters. The molecule has 30 heavy (non-hydrogen) atoms. The van der Waals surface area contributed by atoms with Gasteiger partial charge in [0, 0.05) is 11.5 Å². The highest BCUT2D eigenvalue weighted by atomic mass is 32.1. The molecular formula is C21H19FN6OS. The Morgan fingerprint density at radius 1 is 1.20 bits per heavy atom. The van der Waals surface area contributed by atoms with Crippen molar-refractivity contribution >= 4 is 33.3 Å². The lowest BCUT2D eigenvalue weighted by molar-refractivity contribution is 0.102. The van der Waals surface area contributed by atoms with Gasteiger partial charge in [-0.05, 0) is 37.6 Å². The number of fused-ring (bicyclic) bond motifs is 1. The largest absolute Gasteiger partial charge is 0.306 e. The number of rotatable bonds is 6. The standard InChI is InChI=1S/C21H19FN6OS/c1-13-10-19(27(25-13)9-3-8-23)24-20(29)18-11-17-14(2)26-28(21(17)30-18)12-15-4-6-16(22)7-5-15/h4-7,10-11H,3,9,12H2,1-2H3,(H,24,29). The Morgan fingerprint density at radius 2 is 1.97 bits per heavy atom. The number of halogens is 1. The number of nitriles is 1. The van der Waals surface area contributed by atoms with Crippen LogP contribution in [0.1, 0.15) is 33.0 Å². The van der Waals surface area contributed by atoms with E-state index in [4.69, 9.17) is 5.26 Å². The van der Waals surface area contributed by atoms with E-state index in [1.54, 1.807) is 22.9 Å². The van der Waals surface area contributed by atoms with E-state index in [1.165, 1.54) is 23.5 Å². The van der Waals surface area contributed by atoms with Crippen molar-refractivity contribution in [2.45, 2.75) is 33.4 Å². The number of aromatic nitrogens is 4. The maximum Gasteiger partial charge on any atom is 0.266 e. The van der Waals surface area contributed by atoms with E-state index in [2.05, 4.69) is 21.6 Å². The van der Waals surface area contributed by atoms with E-state index in [1.807, 2.05) is 24.6 Å². The summed E-state index contributed by atoms with van der Waals surface area (Å²) in [6.07, 6.45) is 0.311. The number of nitrogens with one attached hydrogen (secondary N) is 1. The minimum absolute atomic E-state index is 0.234. The quantitative estimate of drug-likeness (QED) is 0.503. The molecule has 3 heterocycles. The van der Waals surface area contributed by atoms with Gasteiger partial charge in [-0.25, -0.2) is 9.07 Å². The molecule has 0 spiro atoms. The lowest BCUT2D eigenvalue weighted by Crippen LogP contribution is -2.14. The average Bonchev–Trinajstić information content (AvgIpc) is 3.38. The van der Waals surface area contributed by atoms with Gasteiger partial charge in [-0.15, -0.1) is 11.3 Å². The topological polar surface area (TPSA) is 88.5 Å². The predicted molar refractivity (Wildman–Crippen MR) is 113 cm³/mol. The molecule has 4 aromatic rings. The molecule has 9 heteroatoms.